The molecule has 0 saturated heterocycles. The van der Waals surface area contributed by atoms with E-state index in [0.717, 1.165) is 19.5 Å². The van der Waals surface area contributed by atoms with Gasteiger partial charge in [-0.25, -0.2) is 0 Å². The van der Waals surface area contributed by atoms with E-state index in [0.29, 0.717) is 6.04 Å². The van der Waals surface area contributed by atoms with Crippen LogP contribution in [0.4, 0.5) is 11.4 Å². The van der Waals surface area contributed by atoms with Crippen molar-refractivity contribution in [3.05, 3.63) is 42.2 Å². The summed E-state index contributed by atoms with van der Waals surface area (Å²) in [6.07, 6.45) is 2.89. The lowest BCUT2D eigenvalue weighted by Crippen LogP contribution is -2.43. The molecule has 2 heterocycles. The fourth-order valence-corrected chi connectivity index (χ4v) is 2.70. The summed E-state index contributed by atoms with van der Waals surface area (Å²) in [5.41, 5.74) is 3.83. The smallest absolute Gasteiger partial charge is 0.0605 e. The van der Waals surface area contributed by atoms with Gasteiger partial charge in [-0.2, -0.15) is 5.10 Å². The van der Waals surface area contributed by atoms with Gasteiger partial charge in [0.25, 0.3) is 0 Å². The van der Waals surface area contributed by atoms with E-state index in [1.807, 2.05) is 17.9 Å². The lowest BCUT2D eigenvalue weighted by atomic mass is 10.1. The molecule has 4 nitrogen and oxygen atoms in total. The van der Waals surface area contributed by atoms with Gasteiger partial charge in [-0.1, -0.05) is 12.1 Å². The zero-order valence-corrected chi connectivity index (χ0v) is 11.5. The Morgan fingerprint density at radius 2 is 2.16 bits per heavy atom. The Bertz CT molecular complexity index is 561. The van der Waals surface area contributed by atoms with Gasteiger partial charge in [0.05, 0.1) is 11.4 Å². The third-order valence-corrected chi connectivity index (χ3v) is 3.86. The lowest BCUT2D eigenvalue weighted by molar-refractivity contribution is 0.621. The Balaban J connectivity index is 1.78. The number of aryl methyl sites for hydroxylation is 1. The van der Waals surface area contributed by atoms with Gasteiger partial charge in [0.1, 0.15) is 0 Å². The molecular weight excluding hydrogens is 236 g/mol. The first kappa shape index (κ1) is 12.1. The van der Waals surface area contributed by atoms with Crippen LogP contribution >= 0.6 is 0 Å². The van der Waals surface area contributed by atoms with Gasteiger partial charge >= 0.3 is 0 Å². The van der Waals surface area contributed by atoms with Crippen LogP contribution in [0.5, 0.6) is 0 Å². The van der Waals surface area contributed by atoms with Gasteiger partial charge in [0, 0.05) is 44.5 Å². The third-order valence-electron chi connectivity index (χ3n) is 3.86. The van der Waals surface area contributed by atoms with Gasteiger partial charge < -0.3 is 10.2 Å². The normalized spacial score (nSPS) is 18.0. The van der Waals surface area contributed by atoms with Gasteiger partial charge in [-0.3, -0.25) is 4.68 Å². The van der Waals surface area contributed by atoms with E-state index in [9.17, 15) is 0 Å². The number of benzene rings is 1. The number of hydrogen-bond donors (Lipinski definition) is 1. The minimum atomic E-state index is 0.517. The number of anilines is 2. The van der Waals surface area contributed by atoms with E-state index in [2.05, 4.69) is 52.6 Å². The molecule has 0 fully saturated rings. The highest BCUT2D eigenvalue weighted by Gasteiger charge is 2.22. The molecule has 1 aliphatic heterocycles. The first-order valence-electron chi connectivity index (χ1n) is 6.82. The molecule has 0 amide bonds. The van der Waals surface area contributed by atoms with Crippen molar-refractivity contribution < 1.29 is 0 Å². The molecule has 0 spiro atoms. The summed E-state index contributed by atoms with van der Waals surface area (Å²) in [5, 5.41) is 7.72. The molecule has 1 unspecified atom stereocenters. The highest BCUT2D eigenvalue weighted by Crippen LogP contribution is 2.30. The summed E-state index contributed by atoms with van der Waals surface area (Å²) in [6.45, 7) is 4.30. The van der Waals surface area contributed by atoms with Crippen molar-refractivity contribution in [2.75, 3.05) is 23.3 Å². The Hall–Kier alpha value is -1.97. The predicted molar refractivity (Wildman–Crippen MR) is 78.7 cm³/mol. The van der Waals surface area contributed by atoms with E-state index < -0.39 is 0 Å². The zero-order chi connectivity index (χ0) is 13.2. The van der Waals surface area contributed by atoms with Crippen LogP contribution in [0, 0.1) is 0 Å². The van der Waals surface area contributed by atoms with Crippen LogP contribution in [-0.2, 0) is 13.5 Å². The summed E-state index contributed by atoms with van der Waals surface area (Å²) < 4.78 is 1.96. The van der Waals surface area contributed by atoms with E-state index in [4.69, 9.17) is 0 Å². The maximum absolute atomic E-state index is 4.23. The Kier molecular flexibility index (Phi) is 3.15. The number of nitrogens with zero attached hydrogens (tertiary/aromatic N) is 3. The van der Waals surface area contributed by atoms with Crippen LogP contribution in [0.25, 0.3) is 0 Å². The average Bonchev–Trinajstić information content (AvgIpc) is 2.83. The number of hydrogen-bond acceptors (Lipinski definition) is 3. The van der Waals surface area contributed by atoms with E-state index in [-0.39, 0.29) is 0 Å². The summed E-state index contributed by atoms with van der Waals surface area (Å²) in [6, 6.07) is 11.2. The van der Waals surface area contributed by atoms with Crippen LogP contribution in [0.1, 0.15) is 12.6 Å². The van der Waals surface area contributed by atoms with Gasteiger partial charge in [-0.15, -0.1) is 0 Å². The van der Waals surface area contributed by atoms with Crippen molar-refractivity contribution in [1.82, 2.24) is 9.78 Å². The van der Waals surface area contributed by atoms with Crippen molar-refractivity contribution in [2.24, 2.45) is 7.05 Å². The fourth-order valence-electron chi connectivity index (χ4n) is 2.70. The molecule has 0 aliphatic carbocycles. The summed E-state index contributed by atoms with van der Waals surface area (Å²) >= 11 is 0. The number of fused-ring (bicyclic) bond motifs is 1. The number of rotatable bonds is 3. The van der Waals surface area contributed by atoms with Crippen molar-refractivity contribution in [3.63, 3.8) is 0 Å². The summed E-state index contributed by atoms with van der Waals surface area (Å²) in [5.74, 6) is 0. The second-order valence-electron chi connectivity index (χ2n) is 5.14. The molecule has 0 saturated carbocycles. The summed E-state index contributed by atoms with van der Waals surface area (Å²) in [4.78, 5) is 2.48. The van der Waals surface area contributed by atoms with Crippen molar-refractivity contribution >= 4 is 11.4 Å². The minimum absolute atomic E-state index is 0.517. The Morgan fingerprint density at radius 1 is 1.32 bits per heavy atom. The maximum Gasteiger partial charge on any atom is 0.0605 e. The summed E-state index contributed by atoms with van der Waals surface area (Å²) in [7, 11) is 2.00. The number of nitrogens with one attached hydrogen (secondary N) is 1. The highest BCUT2D eigenvalue weighted by molar-refractivity contribution is 5.72. The molecule has 1 aliphatic rings. The first-order valence-corrected chi connectivity index (χ1v) is 6.82. The topological polar surface area (TPSA) is 33.1 Å². The minimum Gasteiger partial charge on any atom is -0.381 e. The quantitative estimate of drug-likeness (QED) is 0.914. The van der Waals surface area contributed by atoms with Gasteiger partial charge in [-0.05, 0) is 25.1 Å². The Morgan fingerprint density at radius 3 is 2.95 bits per heavy atom. The molecule has 1 atom stereocenters. The number of para-hydroxylation sites is 2. The van der Waals surface area contributed by atoms with Crippen LogP contribution in [0.2, 0.25) is 0 Å². The standard InChI is InChI=1S/C15H20N4/c1-12-11-16-14-5-3-4-6-15(14)19(12)10-8-13-7-9-17-18(13)2/h3-7,9,12,16H,8,10-11H2,1-2H3. The second-order valence-corrected chi connectivity index (χ2v) is 5.14. The number of aromatic nitrogens is 2. The molecule has 4 heteroatoms. The van der Waals surface area contributed by atoms with Crippen molar-refractivity contribution in [2.45, 2.75) is 19.4 Å². The van der Waals surface area contributed by atoms with Gasteiger partial charge in [0.2, 0.25) is 0 Å². The van der Waals surface area contributed by atoms with Crippen LogP contribution in [0.15, 0.2) is 36.5 Å². The van der Waals surface area contributed by atoms with E-state index >= 15 is 0 Å². The second kappa shape index (κ2) is 4.96. The molecule has 100 valence electrons. The average molecular weight is 256 g/mol. The largest absolute Gasteiger partial charge is 0.381 e. The molecule has 3 rings (SSSR count). The predicted octanol–water partition coefficient (Wildman–Crippen LogP) is 2.28. The molecule has 1 N–H and O–H groups in total. The Labute approximate surface area is 114 Å². The van der Waals surface area contributed by atoms with Crippen LogP contribution < -0.4 is 10.2 Å². The monoisotopic (exact) mass is 256 g/mol. The highest BCUT2D eigenvalue weighted by atomic mass is 15.3. The zero-order valence-electron chi connectivity index (χ0n) is 11.5. The molecule has 19 heavy (non-hydrogen) atoms. The molecule has 1 aromatic heterocycles. The lowest BCUT2D eigenvalue weighted by Gasteiger charge is -2.37. The maximum atomic E-state index is 4.23. The van der Waals surface area contributed by atoms with Gasteiger partial charge in [0.15, 0.2) is 0 Å². The third kappa shape index (κ3) is 2.30. The fraction of sp³-hybridized carbons (Fsp3) is 0.400. The molecule has 1 aromatic carbocycles. The van der Waals surface area contributed by atoms with Crippen molar-refractivity contribution in [3.8, 4) is 0 Å². The molecular formula is C15H20N4. The van der Waals surface area contributed by atoms with E-state index in [1.54, 1.807) is 0 Å². The molecule has 2 aromatic rings. The molecule has 0 radical (unpaired) electrons. The SMILES string of the molecule is CC1CNc2ccccc2N1CCc1ccnn1C. The van der Waals surface area contributed by atoms with Crippen LogP contribution in [-0.4, -0.2) is 28.9 Å². The van der Waals surface area contributed by atoms with Crippen molar-refractivity contribution in [1.29, 1.82) is 0 Å². The molecule has 0 bridgehead atoms. The van der Waals surface area contributed by atoms with Crippen LogP contribution in [0.3, 0.4) is 0 Å². The first-order chi connectivity index (χ1) is 9.25. The van der Waals surface area contributed by atoms with E-state index in [1.165, 1.54) is 17.1 Å².